The molecule has 2 rings (SSSR count). The van der Waals surface area contributed by atoms with E-state index in [0.29, 0.717) is 6.54 Å². The van der Waals surface area contributed by atoms with Crippen LogP contribution < -0.4 is 0 Å². The third-order valence-corrected chi connectivity index (χ3v) is 6.99. The van der Waals surface area contributed by atoms with Gasteiger partial charge in [0.15, 0.2) is 6.10 Å². The summed E-state index contributed by atoms with van der Waals surface area (Å²) in [6, 6.07) is 7.54. The molecule has 158 valence electrons. The second kappa shape index (κ2) is 9.85. The lowest BCUT2D eigenvalue weighted by molar-refractivity contribution is -0.138. The molecule has 1 fully saturated rings. The summed E-state index contributed by atoms with van der Waals surface area (Å²) in [5, 5.41) is 8.61. The summed E-state index contributed by atoms with van der Waals surface area (Å²) in [6.45, 7) is 4.02. The van der Waals surface area contributed by atoms with Crippen LogP contribution in [0.1, 0.15) is 49.9 Å². The molecule has 0 spiro atoms. The van der Waals surface area contributed by atoms with Gasteiger partial charge in [0.1, 0.15) is 0 Å². The molecule has 0 saturated carbocycles. The minimum Gasteiger partial charge on any atom is -0.449 e. The molecule has 0 unspecified atom stereocenters. The number of nitrogens with zero attached hydrogens (tertiary/aromatic N) is 3. The molecule has 1 saturated heterocycles. The van der Waals surface area contributed by atoms with Gasteiger partial charge in [-0.1, -0.05) is 12.5 Å². The highest BCUT2D eigenvalue weighted by Gasteiger charge is 2.31. The van der Waals surface area contributed by atoms with Crippen LogP contribution in [0.2, 0.25) is 0 Å². The molecule has 8 nitrogen and oxygen atoms in total. The van der Waals surface area contributed by atoms with Gasteiger partial charge in [0.25, 0.3) is 5.91 Å². The number of benzene rings is 1. The van der Waals surface area contributed by atoms with Crippen molar-refractivity contribution in [3.05, 3.63) is 29.8 Å². The van der Waals surface area contributed by atoms with Gasteiger partial charge in [-0.3, -0.25) is 4.79 Å². The zero-order valence-corrected chi connectivity index (χ0v) is 17.8. The molecule has 1 heterocycles. The van der Waals surface area contributed by atoms with Crippen molar-refractivity contribution in [3.63, 3.8) is 0 Å². The number of piperidine rings is 1. The van der Waals surface area contributed by atoms with Crippen LogP contribution in [0.15, 0.2) is 29.2 Å². The van der Waals surface area contributed by atoms with Crippen LogP contribution >= 0.6 is 0 Å². The molecular formula is C20H27N3O5S. The van der Waals surface area contributed by atoms with E-state index in [1.165, 1.54) is 47.4 Å². The summed E-state index contributed by atoms with van der Waals surface area (Å²) in [4.78, 5) is 26.0. The Kier molecular flexibility index (Phi) is 7.76. The van der Waals surface area contributed by atoms with Gasteiger partial charge in [0, 0.05) is 26.2 Å². The van der Waals surface area contributed by atoms with Crippen molar-refractivity contribution in [2.75, 3.05) is 20.1 Å². The molecule has 2 atom stereocenters. The van der Waals surface area contributed by atoms with Crippen LogP contribution in [0.3, 0.4) is 0 Å². The Bertz CT molecular complexity index is 894. The highest BCUT2D eigenvalue weighted by Crippen LogP contribution is 2.25. The molecule has 1 aromatic rings. The fourth-order valence-corrected chi connectivity index (χ4v) is 5.01. The van der Waals surface area contributed by atoms with Crippen molar-refractivity contribution in [2.24, 2.45) is 0 Å². The Morgan fingerprint density at radius 2 is 2.10 bits per heavy atom. The molecule has 1 aliphatic rings. The molecule has 1 aromatic carbocycles. The van der Waals surface area contributed by atoms with Crippen LogP contribution in [0.5, 0.6) is 0 Å². The molecule has 0 aliphatic carbocycles. The lowest BCUT2D eigenvalue weighted by Crippen LogP contribution is -2.42. The number of carbonyl (C=O) groups excluding carboxylic acids is 2. The molecule has 1 aliphatic heterocycles. The summed E-state index contributed by atoms with van der Waals surface area (Å²) < 4.78 is 32.6. The van der Waals surface area contributed by atoms with E-state index in [1.54, 1.807) is 0 Å². The fraction of sp³-hybridized carbons (Fsp3) is 0.550. The maximum Gasteiger partial charge on any atom is 0.338 e. The smallest absolute Gasteiger partial charge is 0.338 e. The molecule has 0 radical (unpaired) electrons. The van der Waals surface area contributed by atoms with Crippen molar-refractivity contribution in [2.45, 2.75) is 56.6 Å². The van der Waals surface area contributed by atoms with Gasteiger partial charge in [0.05, 0.1) is 22.9 Å². The predicted molar refractivity (Wildman–Crippen MR) is 106 cm³/mol. The number of esters is 1. The normalized spacial score (nSPS) is 18.5. The summed E-state index contributed by atoms with van der Waals surface area (Å²) in [5.41, 5.74) is 0.0649. The summed E-state index contributed by atoms with van der Waals surface area (Å²) in [6.07, 6.45) is 1.74. The molecule has 0 N–H and O–H groups in total. The van der Waals surface area contributed by atoms with Gasteiger partial charge in [0.2, 0.25) is 10.0 Å². The number of hydrogen-bond donors (Lipinski definition) is 0. The number of sulfonamides is 1. The molecular weight excluding hydrogens is 394 g/mol. The van der Waals surface area contributed by atoms with Crippen molar-refractivity contribution in [1.82, 2.24) is 9.21 Å². The Morgan fingerprint density at radius 3 is 2.76 bits per heavy atom. The number of rotatable bonds is 7. The maximum absolute atomic E-state index is 13.0. The lowest BCUT2D eigenvalue weighted by Gasteiger charge is -2.32. The third kappa shape index (κ3) is 5.55. The van der Waals surface area contributed by atoms with Crippen LogP contribution in [0, 0.1) is 11.3 Å². The maximum atomic E-state index is 13.0. The first-order valence-electron chi connectivity index (χ1n) is 9.63. The van der Waals surface area contributed by atoms with Crippen LogP contribution in [-0.4, -0.2) is 61.8 Å². The van der Waals surface area contributed by atoms with E-state index in [-0.39, 0.29) is 29.5 Å². The van der Waals surface area contributed by atoms with Gasteiger partial charge >= 0.3 is 5.97 Å². The summed E-state index contributed by atoms with van der Waals surface area (Å²) in [7, 11) is -2.19. The Labute approximate surface area is 172 Å². The van der Waals surface area contributed by atoms with E-state index in [9.17, 15) is 18.0 Å². The summed E-state index contributed by atoms with van der Waals surface area (Å²) in [5.74, 6) is -1.21. The highest BCUT2D eigenvalue weighted by molar-refractivity contribution is 7.89. The zero-order chi connectivity index (χ0) is 21.6. The molecule has 29 heavy (non-hydrogen) atoms. The van der Waals surface area contributed by atoms with Gasteiger partial charge in [-0.15, -0.1) is 0 Å². The SMILES string of the molecule is C[C@H](OC(=O)c1cccc(S(=O)(=O)N2CCCC[C@@H]2C)c1)C(=O)N(C)CCC#N. The van der Waals surface area contributed by atoms with Gasteiger partial charge in [-0.2, -0.15) is 9.57 Å². The average Bonchev–Trinajstić information content (AvgIpc) is 2.71. The minimum atomic E-state index is -3.72. The van der Waals surface area contributed by atoms with E-state index >= 15 is 0 Å². The van der Waals surface area contributed by atoms with Crippen molar-refractivity contribution >= 4 is 21.9 Å². The Hall–Kier alpha value is -2.44. The number of hydrogen-bond acceptors (Lipinski definition) is 6. The first-order valence-corrected chi connectivity index (χ1v) is 11.1. The number of ether oxygens (including phenoxy) is 1. The monoisotopic (exact) mass is 421 g/mol. The predicted octanol–water partition coefficient (Wildman–Crippen LogP) is 2.17. The average molecular weight is 422 g/mol. The first-order chi connectivity index (χ1) is 13.7. The quantitative estimate of drug-likeness (QED) is 0.625. The van der Waals surface area contributed by atoms with Crippen molar-refractivity contribution in [3.8, 4) is 6.07 Å². The highest BCUT2D eigenvalue weighted by atomic mass is 32.2. The zero-order valence-electron chi connectivity index (χ0n) is 17.0. The van der Waals surface area contributed by atoms with Crippen molar-refractivity contribution < 1.29 is 22.7 Å². The molecule has 0 bridgehead atoms. The molecule has 0 aromatic heterocycles. The first kappa shape index (κ1) is 22.8. The largest absolute Gasteiger partial charge is 0.449 e. The topological polar surface area (TPSA) is 108 Å². The minimum absolute atomic E-state index is 0.0332. The number of amides is 1. The molecule has 1 amide bonds. The fourth-order valence-electron chi connectivity index (χ4n) is 3.27. The van der Waals surface area contributed by atoms with Crippen LogP contribution in [0.4, 0.5) is 0 Å². The van der Waals surface area contributed by atoms with E-state index in [4.69, 9.17) is 10.00 Å². The van der Waals surface area contributed by atoms with Crippen LogP contribution in [-0.2, 0) is 19.6 Å². The van der Waals surface area contributed by atoms with Gasteiger partial charge in [-0.25, -0.2) is 13.2 Å². The summed E-state index contributed by atoms with van der Waals surface area (Å²) >= 11 is 0. The van der Waals surface area contributed by atoms with E-state index in [0.717, 1.165) is 19.3 Å². The number of nitriles is 1. The number of likely N-dealkylation sites (N-methyl/N-ethyl adjacent to an activating group) is 1. The van der Waals surface area contributed by atoms with E-state index < -0.39 is 28.0 Å². The lowest BCUT2D eigenvalue weighted by atomic mass is 10.1. The Balaban J connectivity index is 2.13. The second-order valence-corrected chi connectivity index (χ2v) is 9.09. The van der Waals surface area contributed by atoms with Crippen LogP contribution in [0.25, 0.3) is 0 Å². The second-order valence-electron chi connectivity index (χ2n) is 7.20. The Morgan fingerprint density at radius 1 is 1.38 bits per heavy atom. The van der Waals surface area contributed by atoms with Crippen molar-refractivity contribution in [1.29, 1.82) is 5.26 Å². The van der Waals surface area contributed by atoms with Gasteiger partial charge in [-0.05, 0) is 44.9 Å². The van der Waals surface area contributed by atoms with E-state index in [1.807, 2.05) is 13.0 Å². The molecule has 9 heteroatoms. The third-order valence-electron chi connectivity index (χ3n) is 4.99. The van der Waals surface area contributed by atoms with E-state index in [2.05, 4.69) is 0 Å². The standard InChI is InChI=1S/C20H27N3O5S/c1-15-8-4-5-13-23(15)29(26,27)18-10-6-9-17(14-18)20(25)28-16(2)19(24)22(3)12-7-11-21/h6,9-10,14-16H,4-5,7-8,12-13H2,1-3H3/t15-,16-/m0/s1. The number of carbonyl (C=O) groups is 2. The van der Waals surface area contributed by atoms with Gasteiger partial charge < -0.3 is 9.64 Å².